The maximum Gasteiger partial charge on any atom is 0.229 e. The summed E-state index contributed by atoms with van der Waals surface area (Å²) in [6.45, 7) is 9.23. The molecule has 5 heteroatoms. The average Bonchev–Trinajstić information content (AvgIpc) is 3.14. The van der Waals surface area contributed by atoms with Crippen molar-refractivity contribution in [3.8, 4) is 0 Å². The lowest BCUT2D eigenvalue weighted by Gasteiger charge is -2.48. The third-order valence-corrected chi connectivity index (χ3v) is 9.53. The van der Waals surface area contributed by atoms with Gasteiger partial charge in [-0.2, -0.15) is 0 Å². The van der Waals surface area contributed by atoms with Crippen LogP contribution >= 0.6 is 0 Å². The van der Waals surface area contributed by atoms with Crippen molar-refractivity contribution < 1.29 is 19.8 Å². The van der Waals surface area contributed by atoms with Gasteiger partial charge in [-0.15, -0.1) is 0 Å². The first kappa shape index (κ1) is 22.2. The highest BCUT2D eigenvalue weighted by atomic mass is 16.3. The van der Waals surface area contributed by atoms with E-state index in [1.54, 1.807) is 0 Å². The SMILES string of the molecule is CC1=C([C@H](C)[C@@H]2NC[C@@H](C)C[C@H]2O)C(=O)C(=O)C2=C1C[C@H]1[C@H]2CC=C2C[C@@H](O)CC[C@@]21C. The van der Waals surface area contributed by atoms with Crippen molar-refractivity contribution in [1.82, 2.24) is 5.32 Å². The van der Waals surface area contributed by atoms with Crippen molar-refractivity contribution in [2.75, 3.05) is 6.54 Å². The molecule has 0 amide bonds. The second-order valence-electron chi connectivity index (χ2n) is 11.4. The summed E-state index contributed by atoms with van der Waals surface area (Å²) < 4.78 is 0. The number of ketones is 2. The van der Waals surface area contributed by atoms with Gasteiger partial charge in [0.15, 0.2) is 0 Å². The van der Waals surface area contributed by atoms with Crippen molar-refractivity contribution in [1.29, 1.82) is 0 Å². The van der Waals surface area contributed by atoms with Crippen LogP contribution in [0, 0.1) is 29.1 Å². The molecule has 1 aliphatic heterocycles. The van der Waals surface area contributed by atoms with Gasteiger partial charge >= 0.3 is 0 Å². The molecule has 32 heavy (non-hydrogen) atoms. The minimum atomic E-state index is -0.516. The Morgan fingerprint density at radius 2 is 1.94 bits per heavy atom. The molecular weight excluding hydrogens is 402 g/mol. The highest BCUT2D eigenvalue weighted by Crippen LogP contribution is 2.61. The van der Waals surface area contributed by atoms with Crippen LogP contribution in [0.3, 0.4) is 0 Å². The number of piperidine rings is 1. The lowest BCUT2D eigenvalue weighted by molar-refractivity contribution is -0.133. The summed E-state index contributed by atoms with van der Waals surface area (Å²) in [6.07, 6.45) is 6.29. The van der Waals surface area contributed by atoms with Gasteiger partial charge in [-0.05, 0) is 86.3 Å². The molecule has 0 spiro atoms. The van der Waals surface area contributed by atoms with Crippen molar-refractivity contribution >= 4 is 11.6 Å². The van der Waals surface area contributed by atoms with Gasteiger partial charge in [0.1, 0.15) is 0 Å². The average molecular weight is 440 g/mol. The normalized spacial score (nSPS) is 43.0. The van der Waals surface area contributed by atoms with Crippen LogP contribution in [0.2, 0.25) is 0 Å². The number of aliphatic hydroxyl groups excluding tert-OH is 2. The number of rotatable bonds is 2. The summed E-state index contributed by atoms with van der Waals surface area (Å²) in [5, 5.41) is 24.3. The molecule has 3 N–H and O–H groups in total. The molecule has 8 atom stereocenters. The number of hydrogen-bond donors (Lipinski definition) is 3. The van der Waals surface area contributed by atoms with E-state index in [1.807, 2.05) is 13.8 Å². The molecule has 0 unspecified atom stereocenters. The van der Waals surface area contributed by atoms with E-state index in [-0.39, 0.29) is 41.0 Å². The van der Waals surface area contributed by atoms with E-state index in [1.165, 1.54) is 5.57 Å². The summed E-state index contributed by atoms with van der Waals surface area (Å²) in [4.78, 5) is 26.9. The topological polar surface area (TPSA) is 86.6 Å². The van der Waals surface area contributed by atoms with Gasteiger partial charge in [0.2, 0.25) is 11.6 Å². The molecule has 4 aliphatic carbocycles. The highest BCUT2D eigenvalue weighted by molar-refractivity contribution is 6.50. The van der Waals surface area contributed by atoms with E-state index in [4.69, 9.17) is 0 Å². The van der Waals surface area contributed by atoms with Gasteiger partial charge in [0, 0.05) is 23.1 Å². The Labute approximate surface area is 191 Å². The minimum absolute atomic E-state index is 0.00781. The van der Waals surface area contributed by atoms with E-state index in [9.17, 15) is 19.8 Å². The van der Waals surface area contributed by atoms with E-state index < -0.39 is 6.10 Å². The fraction of sp³-hybridized carbons (Fsp3) is 0.704. The molecule has 0 bridgehead atoms. The number of nitrogens with one attached hydrogen (secondary N) is 1. The lowest BCUT2D eigenvalue weighted by atomic mass is 9.56. The predicted molar refractivity (Wildman–Crippen MR) is 123 cm³/mol. The summed E-state index contributed by atoms with van der Waals surface area (Å²) >= 11 is 0. The molecule has 174 valence electrons. The van der Waals surface area contributed by atoms with E-state index >= 15 is 0 Å². The molecule has 0 aromatic rings. The third kappa shape index (κ3) is 3.15. The van der Waals surface area contributed by atoms with Crippen LogP contribution < -0.4 is 5.32 Å². The maximum atomic E-state index is 13.5. The van der Waals surface area contributed by atoms with Crippen LogP contribution in [-0.2, 0) is 9.59 Å². The fourth-order valence-corrected chi connectivity index (χ4v) is 7.67. The number of fused-ring (bicyclic) bond motifs is 4. The van der Waals surface area contributed by atoms with Crippen LogP contribution in [-0.4, -0.2) is 46.6 Å². The van der Waals surface area contributed by atoms with Crippen LogP contribution in [0.25, 0.3) is 0 Å². The number of carbonyl (C=O) groups is 2. The lowest BCUT2D eigenvalue weighted by Crippen LogP contribution is -2.52. The van der Waals surface area contributed by atoms with Crippen LogP contribution in [0.15, 0.2) is 33.9 Å². The Hall–Kier alpha value is -1.56. The largest absolute Gasteiger partial charge is 0.393 e. The zero-order valence-corrected chi connectivity index (χ0v) is 19.8. The van der Waals surface area contributed by atoms with Crippen molar-refractivity contribution in [2.24, 2.45) is 29.1 Å². The molecule has 5 rings (SSSR count). The van der Waals surface area contributed by atoms with Gasteiger partial charge in [0.25, 0.3) is 0 Å². The standard InChI is InChI=1S/C27H37NO4/c1-13-9-21(30)24(28-12-13)15(3)22-14(2)19-11-20-18(23(19)26(32)25(22)31)6-5-16-10-17(29)7-8-27(16,20)4/h5,13,15,17-18,20-21,24,28-30H,6-12H2,1-4H3/t13-,15-,17-,18+,20-,21+,24-,27-/m0/s1. The first-order chi connectivity index (χ1) is 15.1. The number of allylic oxidation sites excluding steroid dienone is 4. The zero-order chi connectivity index (χ0) is 22.9. The van der Waals surface area contributed by atoms with Crippen molar-refractivity contribution in [2.45, 2.75) is 84.5 Å². The molecule has 5 aliphatic rings. The fourth-order valence-electron chi connectivity index (χ4n) is 7.67. The molecule has 1 saturated carbocycles. The summed E-state index contributed by atoms with van der Waals surface area (Å²) in [6, 6.07) is -0.204. The van der Waals surface area contributed by atoms with Crippen LogP contribution in [0.5, 0.6) is 0 Å². The van der Waals surface area contributed by atoms with Gasteiger partial charge in [-0.3, -0.25) is 9.59 Å². The van der Waals surface area contributed by atoms with Gasteiger partial charge in [0.05, 0.1) is 12.2 Å². The molecular formula is C27H37NO4. The second-order valence-corrected chi connectivity index (χ2v) is 11.4. The summed E-state index contributed by atoms with van der Waals surface area (Å²) in [5.41, 5.74) is 4.77. The number of carbonyl (C=O) groups excluding carboxylic acids is 2. The first-order valence-electron chi connectivity index (χ1n) is 12.5. The molecule has 0 aromatic heterocycles. The van der Waals surface area contributed by atoms with Crippen LogP contribution in [0.1, 0.15) is 66.2 Å². The smallest absolute Gasteiger partial charge is 0.229 e. The second kappa shape index (κ2) is 7.75. The summed E-state index contributed by atoms with van der Waals surface area (Å²) in [5.74, 6) is -0.0521. The number of aliphatic hydroxyl groups is 2. The number of hydrogen-bond acceptors (Lipinski definition) is 5. The summed E-state index contributed by atoms with van der Waals surface area (Å²) in [7, 11) is 0. The first-order valence-corrected chi connectivity index (χ1v) is 12.5. The van der Waals surface area contributed by atoms with E-state index in [0.29, 0.717) is 23.8 Å². The number of Topliss-reactive ketones (excluding diaryl/α,β-unsaturated/α-hetero) is 2. The maximum absolute atomic E-state index is 13.5. The highest BCUT2D eigenvalue weighted by Gasteiger charge is 2.54. The molecule has 5 nitrogen and oxygen atoms in total. The monoisotopic (exact) mass is 439 g/mol. The molecule has 0 radical (unpaired) electrons. The van der Waals surface area contributed by atoms with Gasteiger partial charge in [-0.1, -0.05) is 32.4 Å². The molecule has 0 aromatic carbocycles. The Bertz CT molecular complexity index is 959. The Balaban J connectivity index is 1.49. The molecule has 1 saturated heterocycles. The molecule has 2 fully saturated rings. The van der Waals surface area contributed by atoms with E-state index in [0.717, 1.165) is 55.4 Å². The Morgan fingerprint density at radius 3 is 2.66 bits per heavy atom. The predicted octanol–water partition coefficient (Wildman–Crippen LogP) is 3.26. The van der Waals surface area contributed by atoms with Crippen LogP contribution in [0.4, 0.5) is 0 Å². The van der Waals surface area contributed by atoms with Crippen molar-refractivity contribution in [3.63, 3.8) is 0 Å². The molecule has 1 heterocycles. The third-order valence-electron chi connectivity index (χ3n) is 9.53. The van der Waals surface area contributed by atoms with Crippen molar-refractivity contribution in [3.05, 3.63) is 33.9 Å². The Morgan fingerprint density at radius 1 is 1.19 bits per heavy atom. The van der Waals surface area contributed by atoms with Gasteiger partial charge < -0.3 is 15.5 Å². The van der Waals surface area contributed by atoms with Gasteiger partial charge in [-0.25, -0.2) is 0 Å². The Kier molecular flexibility index (Phi) is 5.39. The quantitative estimate of drug-likeness (QED) is 0.349. The van der Waals surface area contributed by atoms with E-state index in [2.05, 4.69) is 25.2 Å². The zero-order valence-electron chi connectivity index (χ0n) is 19.8. The minimum Gasteiger partial charge on any atom is -0.393 e.